The standard InChI is InChI=1S/C20H24N6O3S/c1-15-7-11-22-20(23-15)25-30(28,29)18-5-3-17(4-6-18)24-19(27)16-8-13-26(14-9-16)12-2-10-21/h3-7,11,16H,2,8-9,12-14H2,1H3,(H,24,27)(H,22,23,25). The highest BCUT2D eigenvalue weighted by Crippen LogP contribution is 2.21. The van der Waals surface area contributed by atoms with E-state index in [1.165, 1.54) is 18.3 Å². The molecule has 0 atom stereocenters. The summed E-state index contributed by atoms with van der Waals surface area (Å²) in [7, 11) is -3.83. The molecule has 30 heavy (non-hydrogen) atoms. The lowest BCUT2D eigenvalue weighted by atomic mass is 9.95. The number of aryl methyl sites for hydroxylation is 1. The smallest absolute Gasteiger partial charge is 0.264 e. The van der Waals surface area contributed by atoms with Gasteiger partial charge in [0.25, 0.3) is 10.0 Å². The molecule has 0 bridgehead atoms. The summed E-state index contributed by atoms with van der Waals surface area (Å²) in [4.78, 5) is 22.7. The normalized spacial score (nSPS) is 15.3. The lowest BCUT2D eigenvalue weighted by molar-refractivity contribution is -0.121. The molecule has 158 valence electrons. The number of aromatic nitrogens is 2. The van der Waals surface area contributed by atoms with E-state index in [2.05, 4.69) is 31.0 Å². The zero-order valence-electron chi connectivity index (χ0n) is 16.7. The van der Waals surface area contributed by atoms with Crippen LogP contribution in [0.1, 0.15) is 25.0 Å². The second kappa shape index (κ2) is 9.65. The van der Waals surface area contributed by atoms with Crippen LogP contribution < -0.4 is 10.0 Å². The Bertz CT molecular complexity index is 1030. The van der Waals surface area contributed by atoms with Gasteiger partial charge in [0.15, 0.2) is 0 Å². The minimum Gasteiger partial charge on any atom is -0.326 e. The fourth-order valence-electron chi connectivity index (χ4n) is 3.27. The van der Waals surface area contributed by atoms with Gasteiger partial charge in [-0.05, 0) is 63.2 Å². The molecular formula is C20H24N6O3S. The molecule has 0 saturated carbocycles. The zero-order chi connectivity index (χ0) is 21.6. The van der Waals surface area contributed by atoms with Crippen LogP contribution in [-0.2, 0) is 14.8 Å². The molecule has 0 spiro atoms. The van der Waals surface area contributed by atoms with E-state index < -0.39 is 10.0 Å². The van der Waals surface area contributed by atoms with Gasteiger partial charge in [-0.15, -0.1) is 0 Å². The van der Waals surface area contributed by atoms with Crippen molar-refractivity contribution >= 4 is 27.6 Å². The molecule has 1 aromatic heterocycles. The second-order valence-electron chi connectivity index (χ2n) is 7.16. The van der Waals surface area contributed by atoms with Gasteiger partial charge in [0.2, 0.25) is 11.9 Å². The van der Waals surface area contributed by atoms with Crippen molar-refractivity contribution in [1.82, 2.24) is 14.9 Å². The quantitative estimate of drug-likeness (QED) is 0.691. The van der Waals surface area contributed by atoms with Crippen LogP contribution >= 0.6 is 0 Å². The zero-order valence-corrected chi connectivity index (χ0v) is 17.5. The Morgan fingerprint density at radius 2 is 1.93 bits per heavy atom. The van der Waals surface area contributed by atoms with E-state index in [1.54, 1.807) is 25.1 Å². The number of likely N-dealkylation sites (tertiary alicyclic amines) is 1. The molecule has 1 aromatic carbocycles. The molecule has 2 heterocycles. The first-order valence-corrected chi connectivity index (χ1v) is 11.2. The minimum absolute atomic E-state index is 0.00786. The lowest BCUT2D eigenvalue weighted by Gasteiger charge is -2.30. The van der Waals surface area contributed by atoms with E-state index in [4.69, 9.17) is 5.26 Å². The highest BCUT2D eigenvalue weighted by molar-refractivity contribution is 7.92. The number of benzene rings is 1. The Morgan fingerprint density at radius 1 is 1.23 bits per heavy atom. The highest BCUT2D eigenvalue weighted by Gasteiger charge is 2.25. The highest BCUT2D eigenvalue weighted by atomic mass is 32.2. The average Bonchev–Trinajstić information content (AvgIpc) is 2.72. The third-order valence-electron chi connectivity index (χ3n) is 4.95. The van der Waals surface area contributed by atoms with Gasteiger partial charge in [-0.1, -0.05) is 0 Å². The van der Waals surface area contributed by atoms with Gasteiger partial charge in [-0.25, -0.2) is 23.1 Å². The molecular weight excluding hydrogens is 404 g/mol. The van der Waals surface area contributed by atoms with Crippen molar-refractivity contribution in [3.8, 4) is 6.07 Å². The Kier molecular flexibility index (Phi) is 6.97. The summed E-state index contributed by atoms with van der Waals surface area (Å²) in [6, 6.07) is 9.79. The van der Waals surface area contributed by atoms with E-state index in [1.807, 2.05) is 0 Å². The molecule has 2 aromatic rings. The summed E-state index contributed by atoms with van der Waals surface area (Å²) in [5.41, 5.74) is 1.19. The summed E-state index contributed by atoms with van der Waals surface area (Å²) in [5, 5.41) is 11.5. The number of nitrogens with zero attached hydrogens (tertiary/aromatic N) is 4. The number of anilines is 2. The number of carbonyl (C=O) groups is 1. The lowest BCUT2D eigenvalue weighted by Crippen LogP contribution is -2.38. The summed E-state index contributed by atoms with van der Waals surface area (Å²) in [6.45, 7) is 4.07. The van der Waals surface area contributed by atoms with Crippen LogP contribution in [0.3, 0.4) is 0 Å². The SMILES string of the molecule is Cc1ccnc(NS(=O)(=O)c2ccc(NC(=O)C3CCN(CCC#N)CC3)cc2)n1. The maximum Gasteiger partial charge on any atom is 0.264 e. The fourth-order valence-corrected chi connectivity index (χ4v) is 4.22. The molecule has 0 unspecified atom stereocenters. The van der Waals surface area contributed by atoms with Crippen molar-refractivity contribution in [2.24, 2.45) is 5.92 Å². The maximum atomic E-state index is 12.5. The summed E-state index contributed by atoms with van der Waals surface area (Å²) < 4.78 is 27.3. The monoisotopic (exact) mass is 428 g/mol. The summed E-state index contributed by atoms with van der Waals surface area (Å²) in [5.74, 6) is -0.155. The molecule has 1 amide bonds. The van der Waals surface area contributed by atoms with Gasteiger partial charge in [0.05, 0.1) is 11.0 Å². The van der Waals surface area contributed by atoms with Crippen LogP contribution in [0.2, 0.25) is 0 Å². The van der Waals surface area contributed by atoms with Gasteiger partial charge >= 0.3 is 0 Å². The first-order chi connectivity index (χ1) is 14.4. The number of carbonyl (C=O) groups excluding carboxylic acids is 1. The first kappa shape index (κ1) is 21.7. The van der Waals surface area contributed by atoms with Crippen LogP contribution in [0.4, 0.5) is 11.6 Å². The number of sulfonamides is 1. The number of nitriles is 1. The van der Waals surface area contributed by atoms with Crippen molar-refractivity contribution in [2.45, 2.75) is 31.1 Å². The number of amides is 1. The van der Waals surface area contributed by atoms with Crippen LogP contribution in [-0.4, -0.2) is 48.8 Å². The predicted molar refractivity (Wildman–Crippen MR) is 112 cm³/mol. The van der Waals surface area contributed by atoms with Gasteiger partial charge in [-0.3, -0.25) is 4.79 Å². The number of rotatable bonds is 7. The molecule has 2 N–H and O–H groups in total. The van der Waals surface area contributed by atoms with E-state index in [0.717, 1.165) is 32.5 Å². The molecule has 1 fully saturated rings. The van der Waals surface area contributed by atoms with Crippen molar-refractivity contribution in [3.05, 3.63) is 42.2 Å². The Balaban J connectivity index is 1.56. The summed E-state index contributed by atoms with van der Waals surface area (Å²) >= 11 is 0. The van der Waals surface area contributed by atoms with Crippen LogP contribution in [0.25, 0.3) is 0 Å². The Morgan fingerprint density at radius 3 is 2.57 bits per heavy atom. The molecule has 0 aliphatic carbocycles. The average molecular weight is 429 g/mol. The minimum atomic E-state index is -3.83. The van der Waals surface area contributed by atoms with Crippen molar-refractivity contribution < 1.29 is 13.2 Å². The number of hydrogen-bond acceptors (Lipinski definition) is 7. The molecule has 0 radical (unpaired) electrons. The topological polar surface area (TPSA) is 128 Å². The van der Waals surface area contributed by atoms with E-state index in [-0.39, 0.29) is 22.7 Å². The molecule has 1 aliphatic heterocycles. The largest absolute Gasteiger partial charge is 0.326 e. The Hall–Kier alpha value is -3.03. The summed E-state index contributed by atoms with van der Waals surface area (Å²) in [6.07, 6.45) is 3.46. The van der Waals surface area contributed by atoms with Crippen molar-refractivity contribution in [1.29, 1.82) is 5.26 Å². The van der Waals surface area contributed by atoms with E-state index in [0.29, 0.717) is 17.8 Å². The molecule has 3 rings (SSSR count). The first-order valence-electron chi connectivity index (χ1n) is 9.70. The van der Waals surface area contributed by atoms with E-state index >= 15 is 0 Å². The number of hydrogen-bond donors (Lipinski definition) is 2. The van der Waals surface area contributed by atoms with Gasteiger partial charge < -0.3 is 10.2 Å². The van der Waals surface area contributed by atoms with Gasteiger partial charge in [0, 0.05) is 36.5 Å². The van der Waals surface area contributed by atoms with E-state index in [9.17, 15) is 13.2 Å². The fraction of sp³-hybridized carbons (Fsp3) is 0.400. The van der Waals surface area contributed by atoms with Gasteiger partial charge in [-0.2, -0.15) is 5.26 Å². The van der Waals surface area contributed by atoms with Crippen LogP contribution in [0.5, 0.6) is 0 Å². The van der Waals surface area contributed by atoms with Crippen molar-refractivity contribution in [3.63, 3.8) is 0 Å². The van der Waals surface area contributed by atoms with Gasteiger partial charge in [0.1, 0.15) is 0 Å². The molecule has 1 saturated heterocycles. The van der Waals surface area contributed by atoms with Crippen LogP contribution in [0.15, 0.2) is 41.4 Å². The van der Waals surface area contributed by atoms with Crippen molar-refractivity contribution in [2.75, 3.05) is 29.7 Å². The number of nitrogens with one attached hydrogen (secondary N) is 2. The number of piperidine rings is 1. The van der Waals surface area contributed by atoms with Crippen LogP contribution in [0, 0.1) is 24.2 Å². The third kappa shape index (κ3) is 5.75. The maximum absolute atomic E-state index is 12.5. The molecule has 1 aliphatic rings. The third-order valence-corrected chi connectivity index (χ3v) is 6.29. The predicted octanol–water partition coefficient (Wildman–Crippen LogP) is 2.15. The second-order valence-corrected chi connectivity index (χ2v) is 8.85. The Labute approximate surface area is 176 Å². The molecule has 10 heteroatoms. The molecule has 9 nitrogen and oxygen atoms in total.